The molecular formula is C34H28ClN3O6S2. The molecule has 1 saturated heterocycles. The molecule has 12 heteroatoms. The predicted molar refractivity (Wildman–Crippen MR) is 176 cm³/mol. The fourth-order valence-corrected chi connectivity index (χ4v) is 11.1. The molecule has 2 saturated carbocycles. The number of fused-ring (bicyclic) bond motifs is 9. The van der Waals surface area contributed by atoms with Crippen molar-refractivity contribution >= 4 is 63.8 Å². The van der Waals surface area contributed by atoms with Gasteiger partial charge in [0, 0.05) is 26.8 Å². The first kappa shape index (κ1) is 29.3. The molecule has 1 aromatic heterocycles. The van der Waals surface area contributed by atoms with Crippen LogP contribution in [0.15, 0.2) is 82.6 Å². The molecule has 0 unspecified atom stereocenters. The summed E-state index contributed by atoms with van der Waals surface area (Å²) in [5, 5.41) is 4.26. The minimum absolute atomic E-state index is 0.0129. The number of carbonyl (C=O) groups excluding carboxylic acids is 3. The maximum atomic E-state index is 14.0. The van der Waals surface area contributed by atoms with Gasteiger partial charge in [-0.25, -0.2) is 0 Å². The Morgan fingerprint density at radius 3 is 2.46 bits per heavy atom. The highest BCUT2D eigenvalue weighted by atomic mass is 35.5. The standard InChI is InChI=1S/C34H28ClN3O6S2/c1-43-20-11-7-18(8-12-20)36-24(39)15-44-21-4-2-3-16(13-21)25-26-22-14-23(29(26)45-31-30(25)46-34(42)37-31)28-27(22)32(40)38(33(28)41)19-9-5-17(35)6-10-19/h2-13,22-23,25-29H,14-15H2,1H3,(H,36,39)(H,37,42)/t22-,23-,25+,26-,27+,28+,29-/m1/s1. The van der Waals surface area contributed by atoms with Gasteiger partial charge in [0.2, 0.25) is 11.8 Å². The van der Waals surface area contributed by atoms with Crippen LogP contribution in [0.3, 0.4) is 0 Å². The maximum absolute atomic E-state index is 14.0. The summed E-state index contributed by atoms with van der Waals surface area (Å²) in [6, 6.07) is 21.5. The van der Waals surface area contributed by atoms with E-state index in [-0.39, 0.29) is 64.0 Å². The number of aromatic nitrogens is 1. The Morgan fingerprint density at radius 1 is 0.978 bits per heavy atom. The number of imide groups is 1. The number of nitrogens with zero attached hydrogens (tertiary/aromatic N) is 1. The Balaban J connectivity index is 1.07. The van der Waals surface area contributed by atoms with E-state index in [1.165, 1.54) is 16.2 Å². The van der Waals surface area contributed by atoms with Gasteiger partial charge in [0.15, 0.2) is 6.61 Å². The lowest BCUT2D eigenvalue weighted by atomic mass is 9.68. The SMILES string of the molecule is COc1ccc(NC(=O)COc2cccc([C@@H]3c4sc(=O)[nH]c4S[C@@H]4[C@@H]5C[C@@H]([C@@H]6C(=O)N(c7ccc(Cl)cc7)C(=O)[C@@H]56)[C@H]34)c2)cc1. The van der Waals surface area contributed by atoms with Gasteiger partial charge in [0.05, 0.1) is 29.7 Å². The molecule has 234 valence electrons. The summed E-state index contributed by atoms with van der Waals surface area (Å²) in [5.74, 6) is -0.281. The number of thioether (sulfide) groups is 1. The minimum Gasteiger partial charge on any atom is -0.497 e. The van der Waals surface area contributed by atoms with E-state index in [0.717, 1.165) is 21.9 Å². The van der Waals surface area contributed by atoms with Crippen molar-refractivity contribution in [1.82, 2.24) is 4.98 Å². The molecule has 3 heterocycles. The molecule has 2 N–H and O–H groups in total. The van der Waals surface area contributed by atoms with Crippen LogP contribution in [0.4, 0.5) is 11.4 Å². The van der Waals surface area contributed by atoms with Crippen LogP contribution in [0.2, 0.25) is 5.02 Å². The summed E-state index contributed by atoms with van der Waals surface area (Å²) in [7, 11) is 1.58. The van der Waals surface area contributed by atoms with Crippen LogP contribution in [0.5, 0.6) is 11.5 Å². The van der Waals surface area contributed by atoms with Gasteiger partial charge in [0.1, 0.15) is 11.5 Å². The number of aromatic amines is 1. The highest BCUT2D eigenvalue weighted by molar-refractivity contribution is 8.00. The van der Waals surface area contributed by atoms with E-state index in [9.17, 15) is 19.2 Å². The lowest BCUT2D eigenvalue weighted by molar-refractivity contribution is -0.123. The number of rotatable bonds is 7. The fraction of sp³-hybridized carbons (Fsp3) is 0.294. The molecule has 3 amide bonds. The number of hydrogen-bond donors (Lipinski definition) is 2. The smallest absolute Gasteiger partial charge is 0.305 e. The van der Waals surface area contributed by atoms with Crippen molar-refractivity contribution in [1.29, 1.82) is 0 Å². The lowest BCUT2D eigenvalue weighted by Gasteiger charge is -2.43. The van der Waals surface area contributed by atoms with E-state index in [0.29, 0.717) is 27.9 Å². The number of benzene rings is 3. The Labute approximate surface area is 277 Å². The summed E-state index contributed by atoms with van der Waals surface area (Å²) in [6.07, 6.45) is 0.793. The highest BCUT2D eigenvalue weighted by Crippen LogP contribution is 2.68. The van der Waals surface area contributed by atoms with Gasteiger partial charge in [-0.15, -0.1) is 11.8 Å². The van der Waals surface area contributed by atoms with Crippen molar-refractivity contribution in [2.45, 2.75) is 22.6 Å². The van der Waals surface area contributed by atoms with Crippen LogP contribution < -0.4 is 24.6 Å². The molecule has 2 aliphatic carbocycles. The molecule has 4 aromatic rings. The number of hydrogen-bond acceptors (Lipinski definition) is 8. The molecule has 3 fully saturated rings. The Hall–Kier alpha value is -4.06. The summed E-state index contributed by atoms with van der Waals surface area (Å²) >= 11 is 8.93. The lowest BCUT2D eigenvalue weighted by Crippen LogP contribution is -2.42. The van der Waals surface area contributed by atoms with Gasteiger partial charge in [-0.05, 0) is 90.4 Å². The Kier molecular flexibility index (Phi) is 7.23. The molecule has 7 atom stereocenters. The monoisotopic (exact) mass is 673 g/mol. The zero-order valence-corrected chi connectivity index (χ0v) is 26.9. The minimum atomic E-state index is -0.407. The number of nitrogens with one attached hydrogen (secondary N) is 2. The van der Waals surface area contributed by atoms with Crippen molar-refractivity contribution < 1.29 is 23.9 Å². The third kappa shape index (κ3) is 4.75. The largest absolute Gasteiger partial charge is 0.497 e. The van der Waals surface area contributed by atoms with Gasteiger partial charge in [0.25, 0.3) is 5.91 Å². The first-order chi connectivity index (χ1) is 22.3. The van der Waals surface area contributed by atoms with E-state index in [1.54, 1.807) is 73.5 Å². The summed E-state index contributed by atoms with van der Waals surface area (Å²) in [6.45, 7) is -0.184. The number of thiazole rings is 1. The quantitative estimate of drug-likeness (QED) is 0.238. The second-order valence-electron chi connectivity index (χ2n) is 12.1. The molecule has 0 radical (unpaired) electrons. The van der Waals surface area contributed by atoms with Gasteiger partial charge >= 0.3 is 4.87 Å². The van der Waals surface area contributed by atoms with Crippen molar-refractivity contribution in [3.8, 4) is 11.5 Å². The maximum Gasteiger partial charge on any atom is 0.305 e. The number of H-pyrrole nitrogens is 1. The molecule has 0 spiro atoms. The molecule has 3 aromatic carbocycles. The van der Waals surface area contributed by atoms with Gasteiger partial charge < -0.3 is 19.8 Å². The Bertz CT molecular complexity index is 1930. The number of anilines is 2. The van der Waals surface area contributed by atoms with E-state index in [2.05, 4.69) is 10.3 Å². The second kappa shape index (κ2) is 11.3. The molecular weight excluding hydrogens is 646 g/mol. The normalized spacial score (nSPS) is 27.3. The average Bonchev–Trinajstić information content (AvgIpc) is 3.80. The van der Waals surface area contributed by atoms with Crippen LogP contribution in [0, 0.1) is 29.6 Å². The average molecular weight is 674 g/mol. The van der Waals surface area contributed by atoms with Crippen LogP contribution in [-0.2, 0) is 14.4 Å². The van der Waals surface area contributed by atoms with Gasteiger partial charge in [-0.2, -0.15) is 0 Å². The van der Waals surface area contributed by atoms with E-state index >= 15 is 0 Å². The van der Waals surface area contributed by atoms with E-state index in [1.807, 2.05) is 18.2 Å². The van der Waals surface area contributed by atoms with Crippen molar-refractivity contribution in [2.24, 2.45) is 29.6 Å². The van der Waals surface area contributed by atoms with Crippen LogP contribution >= 0.6 is 34.7 Å². The summed E-state index contributed by atoms with van der Waals surface area (Å²) < 4.78 is 11.1. The van der Waals surface area contributed by atoms with Gasteiger partial charge in [-0.1, -0.05) is 35.1 Å². The predicted octanol–water partition coefficient (Wildman–Crippen LogP) is 5.79. The topological polar surface area (TPSA) is 118 Å². The third-order valence-corrected chi connectivity index (χ3v) is 12.6. The van der Waals surface area contributed by atoms with E-state index < -0.39 is 5.92 Å². The molecule has 2 aliphatic heterocycles. The zero-order chi connectivity index (χ0) is 31.7. The van der Waals surface area contributed by atoms with Crippen molar-refractivity contribution in [3.05, 3.63) is 97.9 Å². The van der Waals surface area contributed by atoms with Gasteiger partial charge in [-0.3, -0.25) is 24.1 Å². The second-order valence-corrected chi connectivity index (χ2v) is 14.7. The van der Waals surface area contributed by atoms with Crippen molar-refractivity contribution in [2.75, 3.05) is 23.9 Å². The molecule has 8 rings (SSSR count). The van der Waals surface area contributed by atoms with Crippen LogP contribution in [-0.4, -0.2) is 41.7 Å². The number of halogens is 1. The third-order valence-electron chi connectivity index (χ3n) is 9.77. The van der Waals surface area contributed by atoms with Crippen LogP contribution in [0.1, 0.15) is 22.8 Å². The summed E-state index contributed by atoms with van der Waals surface area (Å²) in [4.78, 5) is 58.3. The van der Waals surface area contributed by atoms with Crippen LogP contribution in [0.25, 0.3) is 0 Å². The van der Waals surface area contributed by atoms with E-state index in [4.69, 9.17) is 21.1 Å². The molecule has 4 aliphatic rings. The number of ether oxygens (including phenoxy) is 2. The first-order valence-corrected chi connectivity index (χ1v) is 17.1. The number of amides is 3. The fourth-order valence-electron chi connectivity index (χ4n) is 8.05. The zero-order valence-electron chi connectivity index (χ0n) is 24.5. The Morgan fingerprint density at radius 2 is 1.72 bits per heavy atom. The number of carbonyl (C=O) groups is 3. The first-order valence-electron chi connectivity index (χ1n) is 15.0. The highest BCUT2D eigenvalue weighted by Gasteiger charge is 2.69. The molecule has 46 heavy (non-hydrogen) atoms. The molecule has 2 bridgehead atoms. The molecule has 9 nitrogen and oxygen atoms in total. The summed E-state index contributed by atoms with van der Waals surface area (Å²) in [5.41, 5.74) is 2.13. The number of methoxy groups -OCH3 is 1. The van der Waals surface area contributed by atoms with Crippen molar-refractivity contribution in [3.63, 3.8) is 0 Å².